The van der Waals surface area contributed by atoms with Crippen molar-refractivity contribution in [3.8, 4) is 0 Å². The molecule has 0 unspecified atom stereocenters. The van der Waals surface area contributed by atoms with Crippen LogP contribution in [0.1, 0.15) is 11.1 Å². The first kappa shape index (κ1) is 8.23. The molecule has 1 aromatic rings. The normalized spacial score (nSPS) is 15.7. The van der Waals surface area contributed by atoms with E-state index in [4.69, 9.17) is 0 Å². The van der Waals surface area contributed by atoms with Crippen molar-refractivity contribution < 1.29 is 4.92 Å². The second-order valence-corrected chi connectivity index (χ2v) is 3.56. The van der Waals surface area contributed by atoms with Gasteiger partial charge in [0.25, 0.3) is 0 Å². The number of hydrogen-bond acceptors (Lipinski definition) is 2. The summed E-state index contributed by atoms with van der Waals surface area (Å²) in [5.74, 6) is 0.215. The van der Waals surface area contributed by atoms with E-state index >= 15 is 0 Å². The Morgan fingerprint density at radius 2 is 1.85 bits per heavy atom. The summed E-state index contributed by atoms with van der Waals surface area (Å²) in [6.07, 6.45) is 1.74. The fourth-order valence-corrected chi connectivity index (χ4v) is 1.99. The first-order valence-corrected chi connectivity index (χ1v) is 4.44. The van der Waals surface area contributed by atoms with Gasteiger partial charge in [-0.15, -0.1) is 0 Å². The Hall–Kier alpha value is -1.38. The molecule has 0 fully saturated rings. The lowest BCUT2D eigenvalue weighted by atomic mass is 10.1. The van der Waals surface area contributed by atoms with E-state index in [-0.39, 0.29) is 17.4 Å². The van der Waals surface area contributed by atoms with Gasteiger partial charge < -0.3 is 0 Å². The Labute approximate surface area is 76.5 Å². The van der Waals surface area contributed by atoms with Crippen molar-refractivity contribution in [3.05, 3.63) is 45.5 Å². The Kier molecular flexibility index (Phi) is 2.00. The molecule has 3 nitrogen and oxygen atoms in total. The maximum atomic E-state index is 10.3. The minimum Gasteiger partial charge on any atom is -0.265 e. The van der Waals surface area contributed by atoms with Crippen molar-refractivity contribution in [2.45, 2.75) is 12.8 Å². The van der Waals surface area contributed by atoms with Crippen molar-refractivity contribution in [2.75, 3.05) is 6.54 Å². The maximum absolute atomic E-state index is 10.3. The molecule has 13 heavy (non-hydrogen) atoms. The molecule has 0 heterocycles. The molecule has 3 heteroatoms. The average molecular weight is 177 g/mol. The van der Waals surface area contributed by atoms with Crippen molar-refractivity contribution in [3.63, 3.8) is 0 Å². The van der Waals surface area contributed by atoms with E-state index in [1.54, 1.807) is 0 Å². The lowest BCUT2D eigenvalue weighted by Gasteiger charge is -2.00. The summed E-state index contributed by atoms with van der Waals surface area (Å²) in [7, 11) is 0. The van der Waals surface area contributed by atoms with Crippen molar-refractivity contribution in [2.24, 2.45) is 5.92 Å². The lowest BCUT2D eigenvalue weighted by molar-refractivity contribution is -0.487. The van der Waals surface area contributed by atoms with Crippen LogP contribution in [0.2, 0.25) is 0 Å². The fraction of sp³-hybridized carbons (Fsp3) is 0.400. The highest BCUT2D eigenvalue weighted by molar-refractivity contribution is 5.31. The second-order valence-electron chi connectivity index (χ2n) is 3.56. The summed E-state index contributed by atoms with van der Waals surface area (Å²) in [5, 5.41) is 10.3. The predicted molar refractivity (Wildman–Crippen MR) is 49.2 cm³/mol. The van der Waals surface area contributed by atoms with Gasteiger partial charge >= 0.3 is 0 Å². The summed E-state index contributed by atoms with van der Waals surface area (Å²) >= 11 is 0. The van der Waals surface area contributed by atoms with Crippen LogP contribution in [0.3, 0.4) is 0 Å². The van der Waals surface area contributed by atoms with Crippen LogP contribution in [-0.4, -0.2) is 11.5 Å². The monoisotopic (exact) mass is 177 g/mol. The van der Waals surface area contributed by atoms with Crippen LogP contribution in [0, 0.1) is 16.0 Å². The zero-order valence-corrected chi connectivity index (χ0v) is 7.27. The van der Waals surface area contributed by atoms with Gasteiger partial charge in [0.1, 0.15) is 0 Å². The first-order valence-electron chi connectivity index (χ1n) is 4.44. The molecule has 68 valence electrons. The number of hydrogen-bond donors (Lipinski definition) is 0. The molecule has 0 aliphatic heterocycles. The molecular weight excluding hydrogens is 166 g/mol. The van der Waals surface area contributed by atoms with E-state index in [9.17, 15) is 10.1 Å². The molecule has 0 amide bonds. The van der Waals surface area contributed by atoms with Gasteiger partial charge in [0, 0.05) is 10.8 Å². The van der Waals surface area contributed by atoms with Crippen LogP contribution in [-0.2, 0) is 12.8 Å². The van der Waals surface area contributed by atoms with E-state index in [0.29, 0.717) is 0 Å². The molecule has 2 rings (SSSR count). The van der Waals surface area contributed by atoms with Gasteiger partial charge in [0.15, 0.2) is 0 Å². The van der Waals surface area contributed by atoms with E-state index < -0.39 is 0 Å². The van der Waals surface area contributed by atoms with Crippen molar-refractivity contribution in [1.29, 1.82) is 0 Å². The molecule has 0 spiro atoms. The third-order valence-corrected chi connectivity index (χ3v) is 2.54. The summed E-state index contributed by atoms with van der Waals surface area (Å²) in [4.78, 5) is 10.1. The molecule has 0 aromatic heterocycles. The molecule has 1 aliphatic rings. The average Bonchev–Trinajstić information content (AvgIpc) is 2.44. The van der Waals surface area contributed by atoms with Crippen LogP contribution in [0.4, 0.5) is 0 Å². The largest absolute Gasteiger partial charge is 0.265 e. The Balaban J connectivity index is 2.09. The Morgan fingerprint density at radius 1 is 1.31 bits per heavy atom. The highest BCUT2D eigenvalue weighted by atomic mass is 16.6. The number of benzene rings is 1. The third kappa shape index (κ3) is 1.69. The minimum absolute atomic E-state index is 0.106. The second kappa shape index (κ2) is 3.17. The zero-order chi connectivity index (χ0) is 9.26. The highest BCUT2D eigenvalue weighted by Gasteiger charge is 2.24. The molecule has 1 aliphatic carbocycles. The van der Waals surface area contributed by atoms with Gasteiger partial charge in [-0.3, -0.25) is 10.1 Å². The van der Waals surface area contributed by atoms with Crippen molar-refractivity contribution in [1.82, 2.24) is 0 Å². The third-order valence-electron chi connectivity index (χ3n) is 2.54. The van der Waals surface area contributed by atoms with E-state index in [0.717, 1.165) is 12.8 Å². The SMILES string of the molecule is O=[N+]([O-])CC1Cc2ccccc2C1. The molecular formula is C10H11NO2. The van der Waals surface area contributed by atoms with Gasteiger partial charge in [0.2, 0.25) is 6.54 Å². The first-order chi connectivity index (χ1) is 6.25. The molecule has 0 saturated carbocycles. The van der Waals surface area contributed by atoms with Gasteiger partial charge in [-0.1, -0.05) is 24.3 Å². The quantitative estimate of drug-likeness (QED) is 0.509. The topological polar surface area (TPSA) is 43.1 Å². The van der Waals surface area contributed by atoms with E-state index in [1.807, 2.05) is 12.1 Å². The van der Waals surface area contributed by atoms with Crippen LogP contribution >= 0.6 is 0 Å². The predicted octanol–water partition coefficient (Wildman–Crippen LogP) is 1.68. The smallest absolute Gasteiger partial charge is 0.207 e. The zero-order valence-electron chi connectivity index (χ0n) is 7.27. The van der Waals surface area contributed by atoms with Gasteiger partial charge in [-0.05, 0) is 24.0 Å². The Morgan fingerprint density at radius 3 is 2.31 bits per heavy atom. The maximum Gasteiger partial charge on any atom is 0.207 e. The standard InChI is InChI=1S/C10H11NO2/c12-11(13)7-8-5-9-3-1-2-4-10(9)6-8/h1-4,8H,5-7H2. The van der Waals surface area contributed by atoms with Crippen molar-refractivity contribution >= 4 is 0 Å². The summed E-state index contributed by atoms with van der Waals surface area (Å²) in [6, 6.07) is 8.12. The van der Waals surface area contributed by atoms with Gasteiger partial charge in [-0.2, -0.15) is 0 Å². The number of fused-ring (bicyclic) bond motifs is 1. The summed E-state index contributed by atoms with van der Waals surface area (Å²) in [6.45, 7) is 0.106. The van der Waals surface area contributed by atoms with Crippen LogP contribution in [0.15, 0.2) is 24.3 Å². The van der Waals surface area contributed by atoms with E-state index in [1.165, 1.54) is 11.1 Å². The number of rotatable bonds is 2. The molecule has 0 bridgehead atoms. The van der Waals surface area contributed by atoms with Crippen LogP contribution < -0.4 is 0 Å². The van der Waals surface area contributed by atoms with Gasteiger partial charge in [-0.25, -0.2) is 0 Å². The van der Waals surface area contributed by atoms with E-state index in [2.05, 4.69) is 12.1 Å². The molecule has 1 aromatic carbocycles. The Bertz CT molecular complexity index is 310. The summed E-state index contributed by atoms with van der Waals surface area (Å²) in [5.41, 5.74) is 2.57. The molecule has 0 saturated heterocycles. The van der Waals surface area contributed by atoms with Crippen LogP contribution in [0.25, 0.3) is 0 Å². The summed E-state index contributed by atoms with van der Waals surface area (Å²) < 4.78 is 0. The molecule has 0 N–H and O–H groups in total. The number of nitro groups is 1. The minimum atomic E-state index is -0.212. The highest BCUT2D eigenvalue weighted by Crippen LogP contribution is 2.26. The fourth-order valence-electron chi connectivity index (χ4n) is 1.99. The van der Waals surface area contributed by atoms with Gasteiger partial charge in [0.05, 0.1) is 0 Å². The lowest BCUT2D eigenvalue weighted by Crippen LogP contribution is -2.13. The molecule has 0 atom stereocenters. The molecule has 0 radical (unpaired) electrons. The number of nitrogens with zero attached hydrogens (tertiary/aromatic N) is 1. The van der Waals surface area contributed by atoms with Crippen LogP contribution in [0.5, 0.6) is 0 Å².